The molecule has 0 amide bonds. The molecule has 21 heavy (non-hydrogen) atoms. The molecule has 1 aliphatic rings. The van der Waals surface area contributed by atoms with E-state index in [4.69, 9.17) is 4.74 Å². The summed E-state index contributed by atoms with van der Waals surface area (Å²) < 4.78 is 5.54. The van der Waals surface area contributed by atoms with E-state index in [9.17, 15) is 0 Å². The Morgan fingerprint density at radius 3 is 2.67 bits per heavy atom. The topological polar surface area (TPSA) is 21.3 Å². The molecule has 3 unspecified atom stereocenters. The highest BCUT2D eigenvalue weighted by molar-refractivity contribution is 5.35. The molecule has 0 saturated heterocycles. The van der Waals surface area contributed by atoms with Crippen LogP contribution in [0, 0.1) is 11.8 Å². The normalized spacial score (nSPS) is 24.0. The van der Waals surface area contributed by atoms with E-state index in [1.54, 1.807) is 7.11 Å². The Labute approximate surface area is 130 Å². The fraction of sp³-hybridized carbons (Fsp3) is 0.684. The van der Waals surface area contributed by atoms with Gasteiger partial charge in [-0.25, -0.2) is 0 Å². The van der Waals surface area contributed by atoms with E-state index in [-0.39, 0.29) is 0 Å². The number of benzene rings is 1. The Morgan fingerprint density at radius 2 is 2.00 bits per heavy atom. The third kappa shape index (κ3) is 4.23. The Hall–Kier alpha value is -1.02. The van der Waals surface area contributed by atoms with Crippen molar-refractivity contribution in [1.82, 2.24) is 5.32 Å². The lowest BCUT2D eigenvalue weighted by Gasteiger charge is -2.35. The maximum atomic E-state index is 5.54. The lowest BCUT2D eigenvalue weighted by molar-refractivity contribution is 0.218. The van der Waals surface area contributed by atoms with Gasteiger partial charge in [0.2, 0.25) is 0 Å². The average Bonchev–Trinajstić information content (AvgIpc) is 2.52. The monoisotopic (exact) mass is 289 g/mol. The van der Waals surface area contributed by atoms with E-state index in [1.165, 1.54) is 31.2 Å². The van der Waals surface area contributed by atoms with Crippen molar-refractivity contribution < 1.29 is 4.74 Å². The second kappa shape index (κ2) is 7.84. The van der Waals surface area contributed by atoms with Gasteiger partial charge in [0, 0.05) is 17.6 Å². The van der Waals surface area contributed by atoms with Crippen molar-refractivity contribution in [1.29, 1.82) is 0 Å². The molecule has 1 aliphatic carbocycles. The third-order valence-electron chi connectivity index (χ3n) is 5.02. The number of nitrogens with one attached hydrogen (secondary N) is 1. The Balaban J connectivity index is 2.05. The van der Waals surface area contributed by atoms with Crippen LogP contribution in [0.25, 0.3) is 0 Å². The van der Waals surface area contributed by atoms with Crippen LogP contribution >= 0.6 is 0 Å². The SMILES string of the molecule is CCC(NC1CCCC(C(C)C)C1)c1ccccc1OC. The zero-order valence-electron chi connectivity index (χ0n) is 14.1. The first-order valence-corrected chi connectivity index (χ1v) is 8.54. The first-order valence-electron chi connectivity index (χ1n) is 8.54. The van der Waals surface area contributed by atoms with Gasteiger partial charge in [0.05, 0.1) is 7.11 Å². The zero-order chi connectivity index (χ0) is 15.2. The molecule has 0 bridgehead atoms. The van der Waals surface area contributed by atoms with Crippen LogP contribution in [-0.4, -0.2) is 13.2 Å². The quantitative estimate of drug-likeness (QED) is 0.800. The van der Waals surface area contributed by atoms with Crippen LogP contribution < -0.4 is 10.1 Å². The molecule has 1 saturated carbocycles. The highest BCUT2D eigenvalue weighted by Crippen LogP contribution is 2.33. The number of ether oxygens (including phenoxy) is 1. The molecule has 0 aromatic heterocycles. The van der Waals surface area contributed by atoms with Crippen molar-refractivity contribution in [3.8, 4) is 5.75 Å². The number of para-hydroxylation sites is 1. The van der Waals surface area contributed by atoms with Gasteiger partial charge >= 0.3 is 0 Å². The number of methoxy groups -OCH3 is 1. The van der Waals surface area contributed by atoms with Crippen LogP contribution in [0.3, 0.4) is 0 Å². The van der Waals surface area contributed by atoms with E-state index in [0.29, 0.717) is 12.1 Å². The second-order valence-corrected chi connectivity index (χ2v) is 6.74. The molecule has 118 valence electrons. The summed E-state index contributed by atoms with van der Waals surface area (Å²) >= 11 is 0. The van der Waals surface area contributed by atoms with Crippen LogP contribution in [0.4, 0.5) is 0 Å². The summed E-state index contributed by atoms with van der Waals surface area (Å²) in [6.07, 6.45) is 6.51. The lowest BCUT2D eigenvalue weighted by Crippen LogP contribution is -2.37. The van der Waals surface area contributed by atoms with Gasteiger partial charge in [-0.15, -0.1) is 0 Å². The molecular weight excluding hydrogens is 258 g/mol. The minimum atomic E-state index is 0.400. The van der Waals surface area contributed by atoms with Gasteiger partial charge in [0.1, 0.15) is 5.75 Å². The van der Waals surface area contributed by atoms with Gasteiger partial charge in [0.15, 0.2) is 0 Å². The molecule has 0 heterocycles. The van der Waals surface area contributed by atoms with Crippen molar-refractivity contribution in [2.24, 2.45) is 11.8 Å². The predicted molar refractivity (Wildman–Crippen MR) is 89.7 cm³/mol. The van der Waals surface area contributed by atoms with E-state index < -0.39 is 0 Å². The van der Waals surface area contributed by atoms with E-state index >= 15 is 0 Å². The number of rotatable bonds is 6. The molecule has 1 aromatic carbocycles. The van der Waals surface area contributed by atoms with Crippen LogP contribution in [0.1, 0.15) is 64.5 Å². The molecular formula is C19H31NO. The van der Waals surface area contributed by atoms with Gasteiger partial charge < -0.3 is 10.1 Å². The smallest absolute Gasteiger partial charge is 0.123 e. The molecule has 2 rings (SSSR count). The zero-order valence-corrected chi connectivity index (χ0v) is 14.1. The molecule has 0 radical (unpaired) electrons. The largest absolute Gasteiger partial charge is 0.496 e. The molecule has 1 aromatic rings. The average molecular weight is 289 g/mol. The molecule has 3 atom stereocenters. The minimum absolute atomic E-state index is 0.400. The van der Waals surface area contributed by atoms with Gasteiger partial charge in [-0.3, -0.25) is 0 Å². The van der Waals surface area contributed by atoms with Crippen LogP contribution in [0.2, 0.25) is 0 Å². The first kappa shape index (κ1) is 16.4. The van der Waals surface area contributed by atoms with Crippen molar-refractivity contribution in [3.05, 3.63) is 29.8 Å². The van der Waals surface area contributed by atoms with Crippen LogP contribution in [0.5, 0.6) is 5.75 Å². The van der Waals surface area contributed by atoms with Gasteiger partial charge in [-0.1, -0.05) is 51.8 Å². The summed E-state index contributed by atoms with van der Waals surface area (Å²) in [5, 5.41) is 3.90. The summed E-state index contributed by atoms with van der Waals surface area (Å²) in [6.45, 7) is 6.99. The number of hydrogen-bond donors (Lipinski definition) is 1. The minimum Gasteiger partial charge on any atom is -0.496 e. The fourth-order valence-electron chi connectivity index (χ4n) is 3.65. The number of hydrogen-bond acceptors (Lipinski definition) is 2. The van der Waals surface area contributed by atoms with Crippen molar-refractivity contribution >= 4 is 0 Å². The molecule has 1 N–H and O–H groups in total. The standard InChI is InChI=1S/C19H31NO/c1-5-18(17-11-6-7-12-19(17)21-4)20-16-10-8-9-15(13-16)14(2)3/h6-7,11-12,14-16,18,20H,5,8-10,13H2,1-4H3. The Kier molecular flexibility index (Phi) is 6.10. The van der Waals surface area contributed by atoms with Crippen molar-refractivity contribution in [2.45, 2.75) is 65.0 Å². The predicted octanol–water partition coefficient (Wildman–Crippen LogP) is 4.95. The molecule has 0 aliphatic heterocycles. The summed E-state index contributed by atoms with van der Waals surface area (Å²) in [5.41, 5.74) is 1.30. The van der Waals surface area contributed by atoms with Crippen LogP contribution in [0.15, 0.2) is 24.3 Å². The summed E-state index contributed by atoms with van der Waals surface area (Å²) in [5.74, 6) is 2.69. The highest BCUT2D eigenvalue weighted by Gasteiger charge is 2.26. The Bertz CT molecular complexity index is 429. The van der Waals surface area contributed by atoms with E-state index in [1.807, 2.05) is 6.07 Å². The van der Waals surface area contributed by atoms with Gasteiger partial charge in [0.25, 0.3) is 0 Å². The molecule has 2 heteroatoms. The highest BCUT2D eigenvalue weighted by atomic mass is 16.5. The van der Waals surface area contributed by atoms with E-state index in [2.05, 4.69) is 44.3 Å². The third-order valence-corrected chi connectivity index (χ3v) is 5.02. The molecule has 2 nitrogen and oxygen atoms in total. The van der Waals surface area contributed by atoms with Gasteiger partial charge in [-0.2, -0.15) is 0 Å². The van der Waals surface area contributed by atoms with Crippen molar-refractivity contribution in [3.63, 3.8) is 0 Å². The summed E-state index contributed by atoms with van der Waals surface area (Å²) in [6, 6.07) is 9.48. The maximum Gasteiger partial charge on any atom is 0.123 e. The Morgan fingerprint density at radius 1 is 1.24 bits per heavy atom. The summed E-state index contributed by atoms with van der Waals surface area (Å²) in [4.78, 5) is 0. The maximum absolute atomic E-state index is 5.54. The lowest BCUT2D eigenvalue weighted by atomic mass is 9.79. The van der Waals surface area contributed by atoms with E-state index in [0.717, 1.165) is 24.0 Å². The molecule has 1 fully saturated rings. The second-order valence-electron chi connectivity index (χ2n) is 6.74. The summed E-state index contributed by atoms with van der Waals surface area (Å²) in [7, 11) is 1.76. The first-order chi connectivity index (χ1) is 10.2. The molecule has 0 spiro atoms. The van der Waals surface area contributed by atoms with Crippen molar-refractivity contribution in [2.75, 3.05) is 7.11 Å². The van der Waals surface area contributed by atoms with Crippen LogP contribution in [-0.2, 0) is 0 Å². The fourth-order valence-corrected chi connectivity index (χ4v) is 3.65. The van der Waals surface area contributed by atoms with Gasteiger partial charge in [-0.05, 0) is 37.2 Å².